The van der Waals surface area contributed by atoms with Crippen LogP contribution in [0.4, 0.5) is 11.4 Å². The summed E-state index contributed by atoms with van der Waals surface area (Å²) < 4.78 is 38.9. The number of carbonyl (C=O) groups is 1. The first-order valence-corrected chi connectivity index (χ1v) is 11.9. The van der Waals surface area contributed by atoms with Crippen LogP contribution in [0.25, 0.3) is 11.3 Å². The molecule has 0 bridgehead atoms. The predicted molar refractivity (Wildman–Crippen MR) is 130 cm³/mol. The van der Waals surface area contributed by atoms with Gasteiger partial charge in [-0.2, -0.15) is 0 Å². The molecule has 0 saturated heterocycles. The first-order chi connectivity index (χ1) is 16.2. The first kappa shape index (κ1) is 23.3. The van der Waals surface area contributed by atoms with E-state index in [1.54, 1.807) is 12.1 Å². The number of aromatic nitrogens is 1. The van der Waals surface area contributed by atoms with E-state index in [9.17, 15) is 13.2 Å². The van der Waals surface area contributed by atoms with Gasteiger partial charge in [0.15, 0.2) is 0 Å². The zero-order valence-electron chi connectivity index (χ0n) is 18.2. The fourth-order valence-electron chi connectivity index (χ4n) is 3.13. The lowest BCUT2D eigenvalue weighted by Gasteiger charge is -2.13. The van der Waals surface area contributed by atoms with Gasteiger partial charge in [0.2, 0.25) is 5.76 Å². The maximum Gasteiger partial charge on any atom is 0.294 e. The number of ether oxygens (including phenoxy) is 1. The molecule has 1 amide bonds. The Bertz CT molecular complexity index is 1430. The van der Waals surface area contributed by atoms with Gasteiger partial charge in [-0.25, -0.2) is 8.42 Å². The summed E-state index contributed by atoms with van der Waals surface area (Å²) in [6, 6.07) is 19.6. The molecule has 1 heterocycles. The van der Waals surface area contributed by atoms with E-state index in [4.69, 9.17) is 20.9 Å². The number of anilines is 2. The van der Waals surface area contributed by atoms with Crippen molar-refractivity contribution in [1.82, 2.24) is 5.16 Å². The molecular weight excluding hydrogens is 478 g/mol. The largest absolute Gasteiger partial charge is 0.495 e. The lowest BCUT2D eigenvalue weighted by molar-refractivity contribution is 0.0988. The Hall–Kier alpha value is -3.82. The second-order valence-corrected chi connectivity index (χ2v) is 9.46. The van der Waals surface area contributed by atoms with Crippen LogP contribution in [0.5, 0.6) is 5.75 Å². The molecule has 1 aromatic heterocycles. The molecule has 0 spiro atoms. The van der Waals surface area contributed by atoms with Crippen molar-refractivity contribution in [1.29, 1.82) is 0 Å². The Morgan fingerprint density at radius 1 is 0.971 bits per heavy atom. The van der Waals surface area contributed by atoms with Crippen molar-refractivity contribution in [3.8, 4) is 17.0 Å². The van der Waals surface area contributed by atoms with Crippen molar-refractivity contribution in [2.24, 2.45) is 0 Å². The van der Waals surface area contributed by atoms with Crippen LogP contribution in [-0.4, -0.2) is 26.6 Å². The quantitative estimate of drug-likeness (QED) is 0.355. The summed E-state index contributed by atoms with van der Waals surface area (Å²) in [5.74, 6) is -0.485. The van der Waals surface area contributed by atoms with Crippen LogP contribution < -0.4 is 14.8 Å². The topological polar surface area (TPSA) is 111 Å². The smallest absolute Gasteiger partial charge is 0.294 e. The monoisotopic (exact) mass is 497 g/mol. The molecule has 34 heavy (non-hydrogen) atoms. The van der Waals surface area contributed by atoms with Gasteiger partial charge in [-0.05, 0) is 49.4 Å². The minimum absolute atomic E-state index is 0.0184. The summed E-state index contributed by atoms with van der Waals surface area (Å²) >= 11 is 5.86. The molecule has 0 aliphatic heterocycles. The standard InChI is InChI=1S/C24H20ClN3O5S/c1-15-3-5-16(6-4-15)20-14-22(33-27-20)24(29)26-19-11-12-21(32-2)23(13-19)34(30,31)28-18-9-7-17(25)8-10-18/h3-14,28H,1-2H3,(H,26,29). The Morgan fingerprint density at radius 2 is 1.65 bits per heavy atom. The van der Waals surface area contributed by atoms with E-state index >= 15 is 0 Å². The van der Waals surface area contributed by atoms with E-state index in [0.717, 1.165) is 11.1 Å². The third kappa shape index (κ3) is 5.22. The Labute approximate surface area is 201 Å². The first-order valence-electron chi connectivity index (χ1n) is 10.1. The molecule has 0 fully saturated rings. The second-order valence-electron chi connectivity index (χ2n) is 7.37. The summed E-state index contributed by atoms with van der Waals surface area (Å²) in [4.78, 5) is 12.5. The van der Waals surface area contributed by atoms with E-state index in [2.05, 4.69) is 15.2 Å². The van der Waals surface area contributed by atoms with Gasteiger partial charge >= 0.3 is 0 Å². The highest BCUT2D eigenvalue weighted by Crippen LogP contribution is 2.29. The number of amides is 1. The average Bonchev–Trinajstić information content (AvgIpc) is 3.31. The lowest BCUT2D eigenvalue weighted by Crippen LogP contribution is -2.16. The third-order valence-electron chi connectivity index (χ3n) is 4.89. The highest BCUT2D eigenvalue weighted by atomic mass is 35.5. The van der Waals surface area contributed by atoms with Gasteiger partial charge in [-0.3, -0.25) is 9.52 Å². The van der Waals surface area contributed by atoms with Crippen molar-refractivity contribution in [3.63, 3.8) is 0 Å². The molecule has 174 valence electrons. The van der Waals surface area contributed by atoms with Crippen LogP contribution in [0.2, 0.25) is 5.02 Å². The van der Waals surface area contributed by atoms with Crippen molar-refractivity contribution in [3.05, 3.63) is 89.1 Å². The minimum atomic E-state index is -4.03. The molecule has 0 saturated carbocycles. The molecule has 2 N–H and O–H groups in total. The zero-order chi connectivity index (χ0) is 24.3. The lowest BCUT2D eigenvalue weighted by atomic mass is 10.1. The molecule has 10 heteroatoms. The Balaban J connectivity index is 1.56. The zero-order valence-corrected chi connectivity index (χ0v) is 19.8. The van der Waals surface area contributed by atoms with E-state index in [1.165, 1.54) is 43.5 Å². The third-order valence-corrected chi connectivity index (χ3v) is 6.54. The van der Waals surface area contributed by atoms with Crippen LogP contribution in [0.15, 0.2) is 82.2 Å². The molecular formula is C24H20ClN3O5S. The van der Waals surface area contributed by atoms with E-state index in [-0.39, 0.29) is 22.1 Å². The number of carbonyl (C=O) groups excluding carboxylic acids is 1. The molecule has 8 nitrogen and oxygen atoms in total. The van der Waals surface area contributed by atoms with E-state index < -0.39 is 15.9 Å². The van der Waals surface area contributed by atoms with Crippen LogP contribution in [-0.2, 0) is 10.0 Å². The van der Waals surface area contributed by atoms with Crippen molar-refractivity contribution in [2.75, 3.05) is 17.1 Å². The molecule has 0 aliphatic rings. The number of halogens is 1. The van der Waals surface area contributed by atoms with Crippen LogP contribution >= 0.6 is 11.6 Å². The SMILES string of the molecule is COc1ccc(NC(=O)c2cc(-c3ccc(C)cc3)no2)cc1S(=O)(=O)Nc1ccc(Cl)cc1. The number of hydrogen-bond acceptors (Lipinski definition) is 6. The van der Waals surface area contributed by atoms with Gasteiger partial charge < -0.3 is 14.6 Å². The number of sulfonamides is 1. The van der Waals surface area contributed by atoms with Gasteiger partial charge in [0.25, 0.3) is 15.9 Å². The normalized spacial score (nSPS) is 11.1. The maximum atomic E-state index is 13.0. The minimum Gasteiger partial charge on any atom is -0.495 e. The Morgan fingerprint density at radius 3 is 2.32 bits per heavy atom. The Kier molecular flexibility index (Phi) is 6.58. The number of aryl methyl sites for hydroxylation is 1. The van der Waals surface area contributed by atoms with E-state index in [1.807, 2.05) is 31.2 Å². The van der Waals surface area contributed by atoms with Crippen molar-refractivity contribution < 1.29 is 22.5 Å². The average molecular weight is 498 g/mol. The maximum absolute atomic E-state index is 13.0. The van der Waals surface area contributed by atoms with Crippen LogP contribution in [0.1, 0.15) is 16.1 Å². The van der Waals surface area contributed by atoms with Gasteiger partial charge in [0.1, 0.15) is 16.3 Å². The molecule has 4 rings (SSSR count). The number of hydrogen-bond donors (Lipinski definition) is 2. The van der Waals surface area contributed by atoms with Gasteiger partial charge in [0, 0.05) is 28.0 Å². The molecule has 4 aromatic rings. The summed E-state index contributed by atoms with van der Waals surface area (Å²) in [7, 11) is -2.68. The van der Waals surface area contributed by atoms with Crippen LogP contribution in [0, 0.1) is 6.92 Å². The van der Waals surface area contributed by atoms with Gasteiger partial charge in [0.05, 0.1) is 7.11 Å². The summed E-state index contributed by atoms with van der Waals surface area (Å²) in [5, 5.41) is 7.05. The molecule has 0 radical (unpaired) electrons. The van der Waals surface area contributed by atoms with Crippen molar-refractivity contribution >= 4 is 38.9 Å². The molecule has 0 aliphatic carbocycles. The number of nitrogens with one attached hydrogen (secondary N) is 2. The summed E-state index contributed by atoms with van der Waals surface area (Å²) in [6.45, 7) is 1.97. The number of rotatable bonds is 7. The van der Waals surface area contributed by atoms with Gasteiger partial charge in [-0.1, -0.05) is 46.6 Å². The van der Waals surface area contributed by atoms with Crippen molar-refractivity contribution in [2.45, 2.75) is 11.8 Å². The molecule has 0 unspecified atom stereocenters. The highest BCUT2D eigenvalue weighted by Gasteiger charge is 2.22. The molecule has 0 atom stereocenters. The number of benzene rings is 3. The predicted octanol–water partition coefficient (Wildman–Crippen LogP) is 5.37. The fourth-order valence-corrected chi connectivity index (χ4v) is 4.51. The number of methoxy groups -OCH3 is 1. The van der Waals surface area contributed by atoms with Gasteiger partial charge in [-0.15, -0.1) is 0 Å². The highest BCUT2D eigenvalue weighted by molar-refractivity contribution is 7.92. The summed E-state index contributed by atoms with van der Waals surface area (Å²) in [5.41, 5.74) is 2.97. The van der Waals surface area contributed by atoms with Crippen LogP contribution in [0.3, 0.4) is 0 Å². The molecule has 3 aromatic carbocycles. The summed E-state index contributed by atoms with van der Waals surface area (Å²) in [6.07, 6.45) is 0. The second kappa shape index (κ2) is 9.58. The number of nitrogens with zero attached hydrogens (tertiary/aromatic N) is 1. The fraction of sp³-hybridized carbons (Fsp3) is 0.0833. The van der Waals surface area contributed by atoms with E-state index in [0.29, 0.717) is 16.4 Å².